The fraction of sp³-hybridized carbons (Fsp3) is 0.100. The maximum atomic E-state index is 6.86. The second-order valence-corrected chi connectivity index (χ2v) is 2.45. The summed E-state index contributed by atoms with van der Waals surface area (Å²) in [6, 6.07) is -1.06. The lowest BCUT2D eigenvalue weighted by atomic mass is 10.2. The minimum absolute atomic E-state index is 0.1000. The molecule has 5 nitrogen and oxygen atoms in total. The van der Waals surface area contributed by atoms with Crippen LogP contribution in [0.15, 0.2) is 22.8 Å². The highest BCUT2D eigenvalue weighted by Crippen LogP contribution is 2.37. The molecule has 0 radical (unpaired) electrons. The Morgan fingerprint density at radius 2 is 1.07 bits per heavy atom. The summed E-state index contributed by atoms with van der Waals surface area (Å²) >= 11 is 0. The van der Waals surface area contributed by atoms with Gasteiger partial charge < -0.3 is 4.85 Å². The van der Waals surface area contributed by atoms with Crippen molar-refractivity contribution in [3.63, 3.8) is 0 Å². The first-order valence-corrected chi connectivity index (χ1v) is 3.60. The van der Waals surface area contributed by atoms with Crippen LogP contribution in [0.25, 0.3) is 24.2 Å². The molecule has 0 N–H and O–H groups in total. The van der Waals surface area contributed by atoms with Crippen molar-refractivity contribution in [2.24, 2.45) is 0 Å². The molecule has 5 heteroatoms. The number of rotatable bonds is 0. The minimum Gasteiger partial charge on any atom is -0.330 e. The standard InChI is InChI=1S/C10HN5/c1-11-6-7(12-2)9(14-4)10(15-5)8(6)13-3/h6H. The number of nitrogens with zero attached hydrogens (tertiary/aromatic N) is 5. The van der Waals surface area contributed by atoms with E-state index in [1.54, 1.807) is 0 Å². The summed E-state index contributed by atoms with van der Waals surface area (Å²) in [6.45, 7) is 34.2. The Kier molecular flexibility index (Phi) is 2.51. The Balaban J connectivity index is 3.60. The van der Waals surface area contributed by atoms with Gasteiger partial charge in [-0.3, -0.25) is 9.69 Å². The van der Waals surface area contributed by atoms with Gasteiger partial charge in [0.15, 0.2) is 11.4 Å². The summed E-state index contributed by atoms with van der Waals surface area (Å²) in [6.07, 6.45) is 0. The Morgan fingerprint density at radius 3 is 1.27 bits per heavy atom. The van der Waals surface area contributed by atoms with Gasteiger partial charge in [-0.2, -0.15) is 0 Å². The van der Waals surface area contributed by atoms with Crippen LogP contribution in [0.5, 0.6) is 0 Å². The summed E-state index contributed by atoms with van der Waals surface area (Å²) < 4.78 is 0. The summed E-state index contributed by atoms with van der Waals surface area (Å²) in [7, 11) is 0. The lowest BCUT2D eigenvalue weighted by Crippen LogP contribution is -2.00. The maximum Gasteiger partial charge on any atom is 0.276 e. The molecule has 0 unspecified atom stereocenters. The molecule has 0 aromatic heterocycles. The Bertz CT molecular complexity index is 538. The predicted molar refractivity (Wildman–Crippen MR) is 50.9 cm³/mol. The average molecular weight is 191 g/mol. The lowest BCUT2D eigenvalue weighted by molar-refractivity contribution is 1.11. The second-order valence-electron chi connectivity index (χ2n) is 2.45. The van der Waals surface area contributed by atoms with Crippen molar-refractivity contribution < 1.29 is 0 Å². The van der Waals surface area contributed by atoms with Gasteiger partial charge in [-0.1, -0.05) is 0 Å². The van der Waals surface area contributed by atoms with E-state index in [2.05, 4.69) is 24.2 Å². The van der Waals surface area contributed by atoms with Crippen LogP contribution < -0.4 is 0 Å². The Labute approximate surface area is 86.7 Å². The van der Waals surface area contributed by atoms with E-state index < -0.39 is 6.04 Å². The first kappa shape index (κ1) is 10.0. The maximum absolute atomic E-state index is 6.86. The molecular formula is C10HN5. The van der Waals surface area contributed by atoms with E-state index in [1.165, 1.54) is 0 Å². The third-order valence-corrected chi connectivity index (χ3v) is 1.82. The van der Waals surface area contributed by atoms with E-state index >= 15 is 0 Å². The van der Waals surface area contributed by atoms with Crippen molar-refractivity contribution in [2.45, 2.75) is 6.04 Å². The van der Waals surface area contributed by atoms with Gasteiger partial charge in [0.1, 0.15) is 0 Å². The molecule has 0 aromatic carbocycles. The van der Waals surface area contributed by atoms with E-state index in [4.69, 9.17) is 32.9 Å². The van der Waals surface area contributed by atoms with Gasteiger partial charge in [0.25, 0.3) is 6.04 Å². The number of hydrogen-bond donors (Lipinski definition) is 0. The zero-order valence-corrected chi connectivity index (χ0v) is 7.31. The smallest absolute Gasteiger partial charge is 0.276 e. The first-order chi connectivity index (χ1) is 7.24. The summed E-state index contributed by atoms with van der Waals surface area (Å²) in [5.41, 5.74) is -0.493. The van der Waals surface area contributed by atoms with Gasteiger partial charge in [0.05, 0.1) is 26.3 Å². The largest absolute Gasteiger partial charge is 0.330 e. The fourth-order valence-corrected chi connectivity index (χ4v) is 1.20. The second kappa shape index (κ2) is 3.76. The van der Waals surface area contributed by atoms with E-state index in [0.717, 1.165) is 0 Å². The van der Waals surface area contributed by atoms with Crippen LogP contribution in [0, 0.1) is 32.9 Å². The van der Waals surface area contributed by atoms with Crippen molar-refractivity contribution in [1.82, 2.24) is 0 Å². The molecule has 1 aliphatic rings. The lowest BCUT2D eigenvalue weighted by Gasteiger charge is -1.94. The van der Waals surface area contributed by atoms with Crippen molar-refractivity contribution in [1.29, 1.82) is 0 Å². The fourth-order valence-electron chi connectivity index (χ4n) is 1.20. The van der Waals surface area contributed by atoms with Crippen LogP contribution in [0.3, 0.4) is 0 Å². The van der Waals surface area contributed by atoms with Crippen LogP contribution in [0.1, 0.15) is 0 Å². The van der Waals surface area contributed by atoms with Gasteiger partial charge in [0.2, 0.25) is 11.4 Å². The van der Waals surface area contributed by atoms with Crippen LogP contribution in [-0.2, 0) is 0 Å². The van der Waals surface area contributed by atoms with Gasteiger partial charge >= 0.3 is 0 Å². The molecule has 66 valence electrons. The van der Waals surface area contributed by atoms with Crippen molar-refractivity contribution in [3.8, 4) is 0 Å². The summed E-state index contributed by atoms with van der Waals surface area (Å²) in [4.78, 5) is 15.3. The minimum atomic E-state index is -1.06. The van der Waals surface area contributed by atoms with Gasteiger partial charge in [-0.05, 0) is 0 Å². The summed E-state index contributed by atoms with van der Waals surface area (Å²) in [5, 5.41) is 0. The van der Waals surface area contributed by atoms with E-state index in [-0.39, 0.29) is 22.8 Å². The van der Waals surface area contributed by atoms with E-state index in [0.29, 0.717) is 0 Å². The zero-order chi connectivity index (χ0) is 11.4. The third-order valence-electron chi connectivity index (χ3n) is 1.82. The van der Waals surface area contributed by atoms with Gasteiger partial charge in [0, 0.05) is 0 Å². The van der Waals surface area contributed by atoms with Crippen molar-refractivity contribution in [3.05, 3.63) is 79.9 Å². The Morgan fingerprint density at radius 1 is 0.667 bits per heavy atom. The van der Waals surface area contributed by atoms with Crippen molar-refractivity contribution in [2.75, 3.05) is 0 Å². The zero-order valence-electron chi connectivity index (χ0n) is 7.31. The first-order valence-electron chi connectivity index (χ1n) is 3.60. The van der Waals surface area contributed by atoms with Gasteiger partial charge in [-0.15, -0.1) is 0 Å². The molecule has 0 spiro atoms. The molecular weight excluding hydrogens is 190 g/mol. The number of hydrogen-bond acceptors (Lipinski definition) is 0. The van der Waals surface area contributed by atoms with Crippen molar-refractivity contribution >= 4 is 0 Å². The molecule has 0 amide bonds. The molecule has 0 aromatic rings. The monoisotopic (exact) mass is 191 g/mol. The molecule has 1 aliphatic carbocycles. The molecule has 0 atom stereocenters. The Hall–Kier alpha value is -3.07. The van der Waals surface area contributed by atoms with Crippen LogP contribution in [0.4, 0.5) is 0 Å². The highest BCUT2D eigenvalue weighted by Gasteiger charge is 2.41. The SMILES string of the molecule is [C-]#[N+]C1=C([N+]#[C-])C([N+]#[C-])C([N+]#[C-])=C1[N+]#[C-]. The van der Waals surface area contributed by atoms with Crippen LogP contribution in [-0.4, -0.2) is 6.04 Å². The molecule has 0 heterocycles. The molecule has 0 saturated carbocycles. The third kappa shape index (κ3) is 1.20. The predicted octanol–water partition coefficient (Wildman–Crippen LogP) is 2.39. The van der Waals surface area contributed by atoms with Crippen LogP contribution >= 0.6 is 0 Å². The average Bonchev–Trinajstić information content (AvgIpc) is 2.59. The van der Waals surface area contributed by atoms with E-state index in [9.17, 15) is 0 Å². The van der Waals surface area contributed by atoms with Gasteiger partial charge in [-0.25, -0.2) is 16.3 Å². The molecule has 0 saturated heterocycles. The molecule has 15 heavy (non-hydrogen) atoms. The quantitative estimate of drug-likeness (QED) is 0.524. The summed E-state index contributed by atoms with van der Waals surface area (Å²) in [5.74, 6) is 0. The highest BCUT2D eigenvalue weighted by molar-refractivity contribution is 5.62. The van der Waals surface area contributed by atoms with E-state index in [1.807, 2.05) is 0 Å². The van der Waals surface area contributed by atoms with Crippen LogP contribution in [0.2, 0.25) is 0 Å². The highest BCUT2D eigenvalue weighted by atomic mass is 15.0. The molecule has 0 fully saturated rings. The topological polar surface area (TPSA) is 21.8 Å². The molecule has 0 aliphatic heterocycles. The molecule has 0 bridgehead atoms. The molecule has 1 rings (SSSR count). The normalized spacial score (nSPS) is 14.9.